The number of alkyl halides is 3. The van der Waals surface area contributed by atoms with Crippen molar-refractivity contribution in [3.8, 4) is 0 Å². The van der Waals surface area contributed by atoms with Gasteiger partial charge in [0.1, 0.15) is 11.3 Å². The summed E-state index contributed by atoms with van der Waals surface area (Å²) < 4.78 is 37.8. The van der Waals surface area contributed by atoms with E-state index in [2.05, 4.69) is 22.3 Å². The number of nitrogens with zero attached hydrogens (tertiary/aromatic N) is 1. The van der Waals surface area contributed by atoms with E-state index in [9.17, 15) is 22.8 Å². The molecule has 144 valence electrons. The van der Waals surface area contributed by atoms with Crippen LogP contribution in [0.5, 0.6) is 0 Å². The zero-order valence-electron chi connectivity index (χ0n) is 14.6. The summed E-state index contributed by atoms with van der Waals surface area (Å²) in [5.74, 6) is -0.647. The molecule has 0 spiro atoms. The number of rotatable bonds is 4. The minimum absolute atomic E-state index is 0.105. The van der Waals surface area contributed by atoms with Crippen molar-refractivity contribution in [1.29, 1.82) is 0 Å². The average molecular weight is 379 g/mol. The molecule has 3 rings (SSSR count). The van der Waals surface area contributed by atoms with Gasteiger partial charge < -0.3 is 10.3 Å². The number of H-pyrrole nitrogens is 1. The molecule has 0 aliphatic carbocycles. The van der Waals surface area contributed by atoms with E-state index in [1.54, 1.807) is 4.98 Å². The van der Waals surface area contributed by atoms with Crippen molar-refractivity contribution in [2.75, 3.05) is 13.1 Å². The van der Waals surface area contributed by atoms with E-state index in [0.29, 0.717) is 6.07 Å². The van der Waals surface area contributed by atoms with Crippen LogP contribution in [0.4, 0.5) is 13.2 Å². The molecule has 8 heteroatoms. The van der Waals surface area contributed by atoms with Crippen molar-refractivity contribution in [3.63, 3.8) is 0 Å². The highest BCUT2D eigenvalue weighted by Crippen LogP contribution is 2.26. The van der Waals surface area contributed by atoms with Crippen LogP contribution in [0.2, 0.25) is 0 Å². The highest BCUT2D eigenvalue weighted by atomic mass is 19.4. The lowest BCUT2D eigenvalue weighted by atomic mass is 10.0. The molecule has 2 N–H and O–H groups in total. The fraction of sp³-hybridized carbons (Fsp3) is 0.368. The molecule has 1 aromatic heterocycles. The molecule has 2 aromatic rings. The van der Waals surface area contributed by atoms with Gasteiger partial charge in [-0.3, -0.25) is 14.5 Å². The first-order chi connectivity index (χ1) is 12.8. The normalized spacial score (nSPS) is 16.3. The standard InChI is InChI=1S/C19H20F3N3O2/c20-19(21,22)16-7-6-15(18(27)24-16)17(26)23-14-8-10-25(11-9-14)12-13-4-2-1-3-5-13/h1-7,14H,8-12H2,(H,23,26)(H,24,27). The number of nitrogens with one attached hydrogen (secondary N) is 2. The first kappa shape index (κ1) is 19.2. The van der Waals surface area contributed by atoms with Crippen molar-refractivity contribution >= 4 is 5.91 Å². The summed E-state index contributed by atoms with van der Waals surface area (Å²) >= 11 is 0. The summed E-state index contributed by atoms with van der Waals surface area (Å²) in [6.45, 7) is 2.42. The SMILES string of the molecule is O=C(NC1CCN(Cc2ccccc2)CC1)c1ccc(C(F)(F)F)[nH]c1=O. The van der Waals surface area contributed by atoms with Crippen molar-refractivity contribution in [2.45, 2.75) is 31.6 Å². The van der Waals surface area contributed by atoms with E-state index < -0.39 is 23.3 Å². The number of amides is 1. The van der Waals surface area contributed by atoms with E-state index >= 15 is 0 Å². The second-order valence-corrected chi connectivity index (χ2v) is 6.62. The maximum atomic E-state index is 12.6. The highest BCUT2D eigenvalue weighted by Gasteiger charge is 2.32. The quantitative estimate of drug-likeness (QED) is 0.859. The van der Waals surface area contributed by atoms with Gasteiger partial charge in [-0.2, -0.15) is 13.2 Å². The largest absolute Gasteiger partial charge is 0.431 e. The number of likely N-dealkylation sites (tertiary alicyclic amines) is 1. The van der Waals surface area contributed by atoms with Crippen LogP contribution >= 0.6 is 0 Å². The highest BCUT2D eigenvalue weighted by molar-refractivity contribution is 5.94. The molecule has 1 aliphatic heterocycles. The Balaban J connectivity index is 1.54. The number of aromatic amines is 1. The van der Waals surface area contributed by atoms with Gasteiger partial charge in [-0.1, -0.05) is 30.3 Å². The van der Waals surface area contributed by atoms with Crippen LogP contribution in [0.3, 0.4) is 0 Å². The topological polar surface area (TPSA) is 65.2 Å². The molecule has 2 heterocycles. The Bertz CT molecular complexity index is 841. The van der Waals surface area contributed by atoms with Crippen LogP contribution in [0, 0.1) is 0 Å². The lowest BCUT2D eigenvalue weighted by Crippen LogP contribution is -2.45. The van der Waals surface area contributed by atoms with Crippen molar-refractivity contribution in [3.05, 3.63) is 69.6 Å². The number of aromatic nitrogens is 1. The maximum Gasteiger partial charge on any atom is 0.431 e. The van der Waals surface area contributed by atoms with E-state index in [1.807, 2.05) is 18.2 Å². The Morgan fingerprint density at radius 2 is 1.78 bits per heavy atom. The van der Waals surface area contributed by atoms with Crippen LogP contribution < -0.4 is 10.9 Å². The molecule has 1 aromatic carbocycles. The Morgan fingerprint density at radius 1 is 1.11 bits per heavy atom. The lowest BCUT2D eigenvalue weighted by molar-refractivity contribution is -0.141. The lowest BCUT2D eigenvalue weighted by Gasteiger charge is -2.32. The number of piperidine rings is 1. The summed E-state index contributed by atoms with van der Waals surface area (Å²) in [5.41, 5.74) is -1.30. The third-order valence-corrected chi connectivity index (χ3v) is 4.63. The second-order valence-electron chi connectivity index (χ2n) is 6.62. The molecule has 1 aliphatic rings. The van der Waals surface area contributed by atoms with E-state index in [0.717, 1.165) is 38.5 Å². The molecule has 1 amide bonds. The summed E-state index contributed by atoms with van der Waals surface area (Å²) in [6, 6.07) is 11.6. The molecular weight excluding hydrogens is 359 g/mol. The summed E-state index contributed by atoms with van der Waals surface area (Å²) in [6.07, 6.45) is -3.21. The number of pyridine rings is 1. The van der Waals surface area contributed by atoms with Gasteiger partial charge in [-0.15, -0.1) is 0 Å². The number of benzene rings is 1. The fourth-order valence-electron chi connectivity index (χ4n) is 3.16. The van der Waals surface area contributed by atoms with Crippen molar-refractivity contribution < 1.29 is 18.0 Å². The third-order valence-electron chi connectivity index (χ3n) is 4.63. The monoisotopic (exact) mass is 379 g/mol. The number of hydrogen-bond acceptors (Lipinski definition) is 3. The molecule has 27 heavy (non-hydrogen) atoms. The molecule has 1 saturated heterocycles. The summed E-state index contributed by atoms with van der Waals surface area (Å²) in [7, 11) is 0. The minimum Gasteiger partial charge on any atom is -0.349 e. The van der Waals surface area contributed by atoms with Gasteiger partial charge in [0.2, 0.25) is 0 Å². The zero-order chi connectivity index (χ0) is 19.4. The van der Waals surface area contributed by atoms with Crippen LogP contribution in [0.1, 0.15) is 34.5 Å². The third kappa shape index (κ3) is 4.97. The first-order valence-corrected chi connectivity index (χ1v) is 8.70. The smallest absolute Gasteiger partial charge is 0.349 e. The van der Waals surface area contributed by atoms with Crippen LogP contribution in [0.15, 0.2) is 47.3 Å². The molecule has 0 saturated carbocycles. The van der Waals surface area contributed by atoms with Gasteiger partial charge in [0.15, 0.2) is 0 Å². The van der Waals surface area contributed by atoms with Gasteiger partial charge in [-0.05, 0) is 30.5 Å². The average Bonchev–Trinajstić information content (AvgIpc) is 2.63. The molecule has 0 bridgehead atoms. The van der Waals surface area contributed by atoms with Gasteiger partial charge >= 0.3 is 6.18 Å². The molecular formula is C19H20F3N3O2. The van der Waals surface area contributed by atoms with Crippen molar-refractivity contribution in [2.24, 2.45) is 0 Å². The van der Waals surface area contributed by atoms with E-state index in [-0.39, 0.29) is 11.6 Å². The Kier molecular flexibility index (Phi) is 5.65. The molecule has 0 radical (unpaired) electrons. The van der Waals surface area contributed by atoms with Gasteiger partial charge in [0.05, 0.1) is 0 Å². The van der Waals surface area contributed by atoms with Crippen LogP contribution in [-0.2, 0) is 12.7 Å². The molecule has 0 unspecified atom stereocenters. The maximum absolute atomic E-state index is 12.6. The van der Waals surface area contributed by atoms with E-state index in [4.69, 9.17) is 0 Å². The van der Waals surface area contributed by atoms with Gasteiger partial charge in [0.25, 0.3) is 11.5 Å². The number of hydrogen-bond donors (Lipinski definition) is 2. The van der Waals surface area contributed by atoms with Crippen LogP contribution in [0.25, 0.3) is 0 Å². The zero-order valence-corrected chi connectivity index (χ0v) is 14.6. The molecule has 1 fully saturated rings. The van der Waals surface area contributed by atoms with Crippen LogP contribution in [-0.4, -0.2) is 34.9 Å². The molecule has 5 nitrogen and oxygen atoms in total. The fourth-order valence-corrected chi connectivity index (χ4v) is 3.16. The summed E-state index contributed by atoms with van der Waals surface area (Å²) in [5, 5.41) is 2.75. The summed E-state index contributed by atoms with van der Waals surface area (Å²) in [4.78, 5) is 28.0. The predicted octanol–water partition coefficient (Wildman–Crippen LogP) is 2.79. The minimum atomic E-state index is -4.65. The number of halogens is 3. The Labute approximate surface area is 154 Å². The molecule has 0 atom stereocenters. The second kappa shape index (κ2) is 7.96. The Morgan fingerprint density at radius 3 is 2.37 bits per heavy atom. The van der Waals surface area contributed by atoms with Crippen molar-refractivity contribution in [1.82, 2.24) is 15.2 Å². The first-order valence-electron chi connectivity index (χ1n) is 8.70. The van der Waals surface area contributed by atoms with E-state index in [1.165, 1.54) is 5.56 Å². The number of carbonyl (C=O) groups is 1. The van der Waals surface area contributed by atoms with Gasteiger partial charge in [-0.25, -0.2) is 0 Å². The Hall–Kier alpha value is -2.61. The predicted molar refractivity (Wildman–Crippen MR) is 94.3 cm³/mol. The number of carbonyl (C=O) groups excluding carboxylic acids is 1. The van der Waals surface area contributed by atoms with Gasteiger partial charge in [0, 0.05) is 25.7 Å².